The topological polar surface area (TPSA) is 67.4 Å². The zero-order chi connectivity index (χ0) is 15.7. The van der Waals surface area contributed by atoms with Crippen molar-refractivity contribution in [2.45, 2.75) is 50.2 Å². The zero-order valence-electron chi connectivity index (χ0n) is 13.4. The van der Waals surface area contributed by atoms with Crippen LogP contribution in [0.25, 0.3) is 0 Å². The van der Waals surface area contributed by atoms with Crippen LogP contribution in [-0.2, 0) is 9.53 Å². The first-order valence-corrected chi connectivity index (χ1v) is 8.72. The van der Waals surface area contributed by atoms with E-state index in [0.29, 0.717) is 5.92 Å². The number of carbonyl (C=O) groups is 1. The van der Waals surface area contributed by atoms with Gasteiger partial charge in [0.25, 0.3) is 0 Å². The summed E-state index contributed by atoms with van der Waals surface area (Å²) in [4.78, 5) is 23.1. The molecule has 0 radical (unpaired) electrons. The highest BCUT2D eigenvalue weighted by Gasteiger charge is 2.45. The Hall–Kier alpha value is -1.69. The highest BCUT2D eigenvalue weighted by atomic mass is 16.5. The standard InChI is InChI=1S/C17H24N4O2/c22-15(20-12-13-2-3-13)14-4-5-17(23-14)6-10-21(11-7-17)16-18-8-1-9-19-16/h1,8-9,13-14H,2-7,10-12H2,(H,20,22). The lowest BCUT2D eigenvalue weighted by molar-refractivity contribution is -0.138. The van der Waals surface area contributed by atoms with Crippen LogP contribution in [0.15, 0.2) is 18.5 Å². The van der Waals surface area contributed by atoms with Gasteiger partial charge in [0.05, 0.1) is 5.60 Å². The van der Waals surface area contributed by atoms with E-state index in [1.807, 2.05) is 6.07 Å². The lowest BCUT2D eigenvalue weighted by atomic mass is 9.88. The first kappa shape index (κ1) is 14.9. The van der Waals surface area contributed by atoms with Crippen LogP contribution in [0.5, 0.6) is 0 Å². The molecule has 23 heavy (non-hydrogen) atoms. The van der Waals surface area contributed by atoms with Crippen LogP contribution in [0.1, 0.15) is 38.5 Å². The number of rotatable bonds is 4. The molecule has 3 aliphatic rings. The van der Waals surface area contributed by atoms with Crippen LogP contribution in [0.4, 0.5) is 5.95 Å². The largest absolute Gasteiger partial charge is 0.362 e. The summed E-state index contributed by atoms with van der Waals surface area (Å²) in [5.41, 5.74) is -0.118. The van der Waals surface area contributed by atoms with Crippen LogP contribution in [0, 0.1) is 5.92 Å². The fourth-order valence-corrected chi connectivity index (χ4v) is 3.62. The van der Waals surface area contributed by atoms with Crippen molar-refractivity contribution in [1.82, 2.24) is 15.3 Å². The maximum Gasteiger partial charge on any atom is 0.249 e. The number of piperidine rings is 1. The predicted octanol–water partition coefficient (Wildman–Crippen LogP) is 1.52. The van der Waals surface area contributed by atoms with E-state index in [4.69, 9.17) is 4.74 Å². The van der Waals surface area contributed by atoms with Gasteiger partial charge in [-0.25, -0.2) is 9.97 Å². The van der Waals surface area contributed by atoms with E-state index in [1.165, 1.54) is 12.8 Å². The third-order valence-corrected chi connectivity index (χ3v) is 5.32. The van der Waals surface area contributed by atoms with Crippen LogP contribution in [0.3, 0.4) is 0 Å². The Morgan fingerprint density at radius 3 is 2.65 bits per heavy atom. The molecule has 1 unspecified atom stereocenters. The van der Waals surface area contributed by atoms with E-state index in [2.05, 4.69) is 20.2 Å². The summed E-state index contributed by atoms with van der Waals surface area (Å²) >= 11 is 0. The van der Waals surface area contributed by atoms with E-state index >= 15 is 0 Å². The minimum absolute atomic E-state index is 0.0857. The van der Waals surface area contributed by atoms with E-state index in [1.54, 1.807) is 12.4 Å². The number of carbonyl (C=O) groups excluding carboxylic acids is 1. The molecule has 1 spiro atoms. The minimum atomic E-state index is -0.256. The number of ether oxygens (including phenoxy) is 1. The number of hydrogen-bond donors (Lipinski definition) is 1. The van der Waals surface area contributed by atoms with Crippen molar-refractivity contribution in [3.05, 3.63) is 18.5 Å². The normalized spacial score (nSPS) is 26.4. The van der Waals surface area contributed by atoms with E-state index in [0.717, 1.165) is 51.3 Å². The molecule has 0 aromatic carbocycles. The van der Waals surface area contributed by atoms with E-state index < -0.39 is 0 Å². The van der Waals surface area contributed by atoms with Gasteiger partial charge in [0.2, 0.25) is 11.9 Å². The zero-order valence-corrected chi connectivity index (χ0v) is 13.4. The Balaban J connectivity index is 1.30. The van der Waals surface area contributed by atoms with Crippen molar-refractivity contribution in [2.24, 2.45) is 5.92 Å². The van der Waals surface area contributed by atoms with Crippen molar-refractivity contribution in [1.29, 1.82) is 0 Å². The molecule has 1 aromatic heterocycles. The molecule has 124 valence electrons. The van der Waals surface area contributed by atoms with Gasteiger partial charge in [-0.15, -0.1) is 0 Å². The summed E-state index contributed by atoms with van der Waals surface area (Å²) in [5.74, 6) is 1.59. The molecular weight excluding hydrogens is 292 g/mol. The molecule has 1 amide bonds. The summed E-state index contributed by atoms with van der Waals surface area (Å²) in [6, 6.07) is 1.83. The van der Waals surface area contributed by atoms with Gasteiger partial charge in [-0.05, 0) is 50.5 Å². The van der Waals surface area contributed by atoms with Crippen molar-refractivity contribution in [2.75, 3.05) is 24.5 Å². The van der Waals surface area contributed by atoms with Crippen LogP contribution < -0.4 is 10.2 Å². The number of nitrogens with one attached hydrogen (secondary N) is 1. The number of hydrogen-bond acceptors (Lipinski definition) is 5. The maximum absolute atomic E-state index is 12.2. The highest BCUT2D eigenvalue weighted by Crippen LogP contribution is 2.39. The van der Waals surface area contributed by atoms with E-state index in [9.17, 15) is 4.79 Å². The molecule has 3 heterocycles. The van der Waals surface area contributed by atoms with Gasteiger partial charge in [0.1, 0.15) is 6.10 Å². The minimum Gasteiger partial charge on any atom is -0.362 e. The summed E-state index contributed by atoms with van der Waals surface area (Å²) < 4.78 is 6.21. The van der Waals surface area contributed by atoms with Crippen LogP contribution >= 0.6 is 0 Å². The molecule has 1 aliphatic carbocycles. The third kappa shape index (κ3) is 3.32. The molecule has 1 saturated carbocycles. The number of nitrogens with zero attached hydrogens (tertiary/aromatic N) is 3. The van der Waals surface area contributed by atoms with Gasteiger partial charge in [-0.2, -0.15) is 0 Å². The average Bonchev–Trinajstić information content (AvgIpc) is 3.35. The molecule has 1 N–H and O–H groups in total. The molecule has 6 heteroatoms. The second-order valence-electron chi connectivity index (χ2n) is 7.05. The molecule has 1 aromatic rings. The van der Waals surface area contributed by atoms with Crippen molar-refractivity contribution in [3.63, 3.8) is 0 Å². The molecule has 4 rings (SSSR count). The predicted molar refractivity (Wildman–Crippen MR) is 86.1 cm³/mol. The Kier molecular flexibility index (Phi) is 3.93. The SMILES string of the molecule is O=C(NCC1CC1)C1CCC2(CCN(c3ncccn3)CC2)O1. The first-order chi connectivity index (χ1) is 11.2. The summed E-state index contributed by atoms with van der Waals surface area (Å²) in [6.45, 7) is 2.60. The van der Waals surface area contributed by atoms with E-state index in [-0.39, 0.29) is 17.6 Å². The van der Waals surface area contributed by atoms with Crippen molar-refractivity contribution >= 4 is 11.9 Å². The molecule has 3 fully saturated rings. The van der Waals surface area contributed by atoms with Gasteiger partial charge in [-0.3, -0.25) is 4.79 Å². The lowest BCUT2D eigenvalue weighted by Gasteiger charge is -2.39. The Morgan fingerprint density at radius 2 is 1.96 bits per heavy atom. The quantitative estimate of drug-likeness (QED) is 0.912. The molecule has 2 saturated heterocycles. The van der Waals surface area contributed by atoms with Gasteiger partial charge in [-0.1, -0.05) is 0 Å². The fraction of sp³-hybridized carbons (Fsp3) is 0.706. The van der Waals surface area contributed by atoms with Crippen LogP contribution in [0.2, 0.25) is 0 Å². The summed E-state index contributed by atoms with van der Waals surface area (Å²) in [5, 5.41) is 3.05. The Bertz CT molecular complexity index is 553. The number of anilines is 1. The highest BCUT2D eigenvalue weighted by molar-refractivity contribution is 5.81. The Morgan fingerprint density at radius 1 is 1.22 bits per heavy atom. The third-order valence-electron chi connectivity index (χ3n) is 5.32. The van der Waals surface area contributed by atoms with Gasteiger partial charge < -0.3 is 15.0 Å². The molecule has 1 atom stereocenters. The second-order valence-corrected chi connectivity index (χ2v) is 7.05. The number of aromatic nitrogens is 2. The van der Waals surface area contributed by atoms with Crippen LogP contribution in [-0.4, -0.2) is 47.2 Å². The van der Waals surface area contributed by atoms with Gasteiger partial charge >= 0.3 is 0 Å². The molecule has 6 nitrogen and oxygen atoms in total. The lowest BCUT2D eigenvalue weighted by Crippen LogP contribution is -2.46. The smallest absolute Gasteiger partial charge is 0.249 e. The summed E-state index contributed by atoms with van der Waals surface area (Å²) in [7, 11) is 0. The average molecular weight is 316 g/mol. The fourth-order valence-electron chi connectivity index (χ4n) is 3.62. The van der Waals surface area contributed by atoms with Crippen molar-refractivity contribution in [3.8, 4) is 0 Å². The van der Waals surface area contributed by atoms with Gasteiger partial charge in [0.15, 0.2) is 0 Å². The first-order valence-electron chi connectivity index (χ1n) is 8.72. The Labute approximate surface area is 136 Å². The monoisotopic (exact) mass is 316 g/mol. The molecule has 2 aliphatic heterocycles. The van der Waals surface area contributed by atoms with Gasteiger partial charge in [0, 0.05) is 32.0 Å². The van der Waals surface area contributed by atoms with Crippen molar-refractivity contribution < 1.29 is 9.53 Å². The second kappa shape index (κ2) is 6.07. The molecule has 0 bridgehead atoms. The summed E-state index contributed by atoms with van der Waals surface area (Å²) in [6.07, 6.45) is 9.53. The molecular formula is C17H24N4O2. The number of amides is 1. The maximum atomic E-state index is 12.2.